The largest absolute Gasteiger partial charge is 0.497 e. The van der Waals surface area contributed by atoms with Gasteiger partial charge in [0, 0.05) is 11.4 Å². The van der Waals surface area contributed by atoms with E-state index in [2.05, 4.69) is 54.3 Å². The van der Waals surface area contributed by atoms with Crippen molar-refractivity contribution >= 4 is 22.2 Å². The zero-order valence-electron chi connectivity index (χ0n) is 13.5. The highest BCUT2D eigenvalue weighted by Gasteiger charge is 2.08. The molecule has 1 aliphatic rings. The molecule has 5 heteroatoms. The molecule has 0 saturated heterocycles. The van der Waals surface area contributed by atoms with Gasteiger partial charge in [-0.15, -0.1) is 11.3 Å². The number of hydrogen-bond donors (Lipinski definition) is 1. The Morgan fingerprint density at radius 2 is 2.09 bits per heavy atom. The van der Waals surface area contributed by atoms with Crippen LogP contribution in [-0.2, 0) is 4.74 Å². The third-order valence-corrected chi connectivity index (χ3v) is 3.86. The molecule has 2 rings (SSSR count). The number of aromatic nitrogens is 1. The maximum Gasteiger partial charge on any atom is 0.183 e. The van der Waals surface area contributed by atoms with Crippen molar-refractivity contribution in [1.29, 1.82) is 0 Å². The van der Waals surface area contributed by atoms with Crippen LogP contribution in [-0.4, -0.2) is 30.4 Å². The summed E-state index contributed by atoms with van der Waals surface area (Å²) in [5.41, 5.74) is 1.82. The lowest BCUT2D eigenvalue weighted by Gasteiger charge is -2.06. The van der Waals surface area contributed by atoms with Crippen LogP contribution in [0.4, 0.5) is 5.13 Å². The van der Waals surface area contributed by atoms with E-state index in [-0.39, 0.29) is 0 Å². The van der Waals surface area contributed by atoms with Gasteiger partial charge in [0.15, 0.2) is 5.13 Å². The molecule has 1 atom stereocenters. The molecule has 1 aromatic heterocycles. The Kier molecular flexibility index (Phi) is 5.95. The molecular weight excluding hydrogens is 294 g/mol. The lowest BCUT2D eigenvalue weighted by Crippen LogP contribution is -2.09. The molecule has 2 heterocycles. The molecule has 22 heavy (non-hydrogen) atoms. The van der Waals surface area contributed by atoms with E-state index >= 15 is 0 Å². The Morgan fingerprint density at radius 1 is 1.32 bits per heavy atom. The number of allylic oxidation sites excluding steroid dienone is 4. The van der Waals surface area contributed by atoms with Crippen LogP contribution in [0.5, 0.6) is 0 Å². The molecule has 0 amide bonds. The Morgan fingerprint density at radius 3 is 2.82 bits per heavy atom. The summed E-state index contributed by atoms with van der Waals surface area (Å²) in [6.07, 6.45) is 10.3. The third-order valence-electron chi connectivity index (χ3n) is 3.09. The number of aliphatic imine (C=N–C) groups is 1. The molecule has 1 unspecified atom stereocenters. The number of nitrogens with zero attached hydrogens (tertiary/aromatic N) is 2. The molecule has 4 nitrogen and oxygen atoms in total. The molecule has 1 aliphatic heterocycles. The van der Waals surface area contributed by atoms with Crippen LogP contribution in [0.1, 0.15) is 26.5 Å². The zero-order chi connectivity index (χ0) is 15.9. The van der Waals surface area contributed by atoms with Gasteiger partial charge in [0.25, 0.3) is 0 Å². The van der Waals surface area contributed by atoms with Crippen molar-refractivity contribution in [3.63, 3.8) is 0 Å². The number of nitrogens with one attached hydrogen (secondary N) is 1. The van der Waals surface area contributed by atoms with E-state index < -0.39 is 0 Å². The van der Waals surface area contributed by atoms with Gasteiger partial charge in [-0.3, -0.25) is 4.99 Å². The molecule has 0 aliphatic carbocycles. The van der Waals surface area contributed by atoms with E-state index in [1.165, 1.54) is 0 Å². The van der Waals surface area contributed by atoms with E-state index in [0.29, 0.717) is 18.5 Å². The van der Waals surface area contributed by atoms with Crippen molar-refractivity contribution in [2.45, 2.75) is 26.8 Å². The van der Waals surface area contributed by atoms with Crippen molar-refractivity contribution in [2.24, 2.45) is 10.9 Å². The van der Waals surface area contributed by atoms with E-state index in [4.69, 9.17) is 4.74 Å². The quantitative estimate of drug-likeness (QED) is 0.911. The van der Waals surface area contributed by atoms with Crippen LogP contribution >= 0.6 is 11.3 Å². The van der Waals surface area contributed by atoms with Gasteiger partial charge in [-0.1, -0.05) is 19.1 Å². The molecule has 0 aromatic carbocycles. The Hall–Kier alpha value is -1.88. The first-order valence-electron chi connectivity index (χ1n) is 7.46. The SMILES string of the molecule is COC1=C/CN=C(c2csc(NC(C)C)n2)/C=C\C(C)/C=C\1. The van der Waals surface area contributed by atoms with Gasteiger partial charge in [-0.05, 0) is 38.0 Å². The van der Waals surface area contributed by atoms with Crippen LogP contribution in [0.25, 0.3) is 0 Å². The molecule has 1 aromatic rings. The number of ether oxygens (including phenoxy) is 1. The smallest absolute Gasteiger partial charge is 0.183 e. The summed E-state index contributed by atoms with van der Waals surface area (Å²) in [5, 5.41) is 6.30. The normalized spacial score (nSPS) is 24.1. The number of rotatable bonds is 4. The highest BCUT2D eigenvalue weighted by Crippen LogP contribution is 2.18. The predicted octanol–water partition coefficient (Wildman–Crippen LogP) is 4.04. The third kappa shape index (κ3) is 4.84. The Balaban J connectivity index is 2.24. The summed E-state index contributed by atoms with van der Waals surface area (Å²) in [7, 11) is 1.68. The number of anilines is 1. The average molecular weight is 317 g/mol. The monoisotopic (exact) mass is 317 g/mol. The van der Waals surface area contributed by atoms with Crippen LogP contribution in [0.3, 0.4) is 0 Å². The summed E-state index contributed by atoms with van der Waals surface area (Å²) in [6.45, 7) is 6.92. The summed E-state index contributed by atoms with van der Waals surface area (Å²) in [6, 6.07) is 0.373. The molecule has 118 valence electrons. The maximum absolute atomic E-state index is 5.32. The zero-order valence-corrected chi connectivity index (χ0v) is 14.4. The molecule has 0 spiro atoms. The first-order chi connectivity index (χ1) is 10.6. The lowest BCUT2D eigenvalue weighted by molar-refractivity contribution is 0.305. The highest BCUT2D eigenvalue weighted by molar-refractivity contribution is 7.13. The number of hydrogen-bond acceptors (Lipinski definition) is 5. The summed E-state index contributed by atoms with van der Waals surface area (Å²) < 4.78 is 5.32. The lowest BCUT2D eigenvalue weighted by atomic mass is 10.1. The fraction of sp³-hybridized carbons (Fsp3) is 0.412. The van der Waals surface area contributed by atoms with Crippen molar-refractivity contribution in [3.05, 3.63) is 47.2 Å². The molecule has 0 bridgehead atoms. The highest BCUT2D eigenvalue weighted by atomic mass is 32.1. The van der Waals surface area contributed by atoms with Crippen molar-refractivity contribution in [2.75, 3.05) is 19.0 Å². The van der Waals surface area contributed by atoms with E-state index in [9.17, 15) is 0 Å². The summed E-state index contributed by atoms with van der Waals surface area (Å²) in [4.78, 5) is 9.26. The van der Waals surface area contributed by atoms with Gasteiger partial charge in [0.05, 0.1) is 19.4 Å². The van der Waals surface area contributed by atoms with Crippen LogP contribution in [0, 0.1) is 5.92 Å². The van der Waals surface area contributed by atoms with E-state index in [1.807, 2.05) is 17.5 Å². The molecule has 0 saturated carbocycles. The molecule has 0 radical (unpaired) electrons. The van der Waals surface area contributed by atoms with Crippen molar-refractivity contribution in [3.8, 4) is 0 Å². The fourth-order valence-corrected chi connectivity index (χ4v) is 2.78. The Labute approximate surface area is 136 Å². The second-order valence-corrected chi connectivity index (χ2v) is 6.31. The predicted molar refractivity (Wildman–Crippen MR) is 94.8 cm³/mol. The van der Waals surface area contributed by atoms with Gasteiger partial charge in [-0.2, -0.15) is 0 Å². The van der Waals surface area contributed by atoms with Gasteiger partial charge >= 0.3 is 0 Å². The minimum Gasteiger partial charge on any atom is -0.497 e. The second kappa shape index (κ2) is 7.94. The molecule has 0 fully saturated rings. The molecule has 1 N–H and O–H groups in total. The van der Waals surface area contributed by atoms with Gasteiger partial charge < -0.3 is 10.1 Å². The minimum absolute atomic E-state index is 0.314. The van der Waals surface area contributed by atoms with Crippen LogP contribution < -0.4 is 5.32 Å². The van der Waals surface area contributed by atoms with Crippen molar-refractivity contribution in [1.82, 2.24) is 4.98 Å². The van der Waals surface area contributed by atoms with Crippen LogP contribution in [0.2, 0.25) is 0 Å². The first-order valence-corrected chi connectivity index (χ1v) is 8.34. The number of thiazole rings is 1. The van der Waals surface area contributed by atoms with Gasteiger partial charge in [0.2, 0.25) is 0 Å². The fourth-order valence-electron chi connectivity index (χ4n) is 1.93. The van der Waals surface area contributed by atoms with E-state index in [0.717, 1.165) is 22.3 Å². The topological polar surface area (TPSA) is 46.5 Å². The van der Waals surface area contributed by atoms with Crippen molar-refractivity contribution < 1.29 is 4.74 Å². The average Bonchev–Trinajstić information content (AvgIpc) is 2.93. The van der Waals surface area contributed by atoms with E-state index in [1.54, 1.807) is 18.4 Å². The second-order valence-electron chi connectivity index (χ2n) is 5.45. The standard InChI is InChI=1S/C17H23N3OS/c1-12(2)19-17-20-16(11-22-17)15-8-6-13(3)5-7-14(21-4)9-10-18-15/h5-9,11-13H,10H2,1-4H3,(H,19,20)/b7-5-,8-6-,14-9+,18-15?. The Bertz CT molecular complexity index is 611. The number of methoxy groups -OCH3 is 1. The maximum atomic E-state index is 5.32. The van der Waals surface area contributed by atoms with Gasteiger partial charge in [0.1, 0.15) is 11.5 Å². The first kappa shape index (κ1) is 16.5. The minimum atomic E-state index is 0.314. The summed E-state index contributed by atoms with van der Waals surface area (Å²) >= 11 is 1.61. The van der Waals surface area contributed by atoms with Gasteiger partial charge in [-0.25, -0.2) is 4.98 Å². The summed E-state index contributed by atoms with van der Waals surface area (Å²) in [5.74, 6) is 1.15. The molecular formula is C17H23N3OS. The van der Waals surface area contributed by atoms with Crippen LogP contribution in [0.15, 0.2) is 46.5 Å².